The second-order valence-corrected chi connectivity index (χ2v) is 4.03. The summed E-state index contributed by atoms with van der Waals surface area (Å²) >= 11 is 1.29. The Balaban J connectivity index is 1.99. The van der Waals surface area contributed by atoms with Gasteiger partial charge in [-0.3, -0.25) is 4.79 Å². The Labute approximate surface area is 86.1 Å². The summed E-state index contributed by atoms with van der Waals surface area (Å²) in [5, 5.41) is 6.62. The highest BCUT2D eigenvalue weighted by atomic mass is 32.1. The molecule has 1 aromatic heterocycles. The number of anilines is 1. The first kappa shape index (κ1) is 9.39. The van der Waals surface area contributed by atoms with Gasteiger partial charge in [0.2, 0.25) is 11.0 Å². The molecule has 1 aliphatic rings. The number of aryl methyl sites for hydroxylation is 1. The van der Waals surface area contributed by atoms with Gasteiger partial charge < -0.3 is 10.6 Å². The molecule has 14 heavy (non-hydrogen) atoms. The molecule has 1 fully saturated rings. The van der Waals surface area contributed by atoms with E-state index in [0.717, 1.165) is 30.3 Å². The molecule has 5 nitrogen and oxygen atoms in total. The van der Waals surface area contributed by atoms with Crippen LogP contribution in [0.4, 0.5) is 5.13 Å². The van der Waals surface area contributed by atoms with Crippen LogP contribution in [-0.2, 0) is 4.79 Å². The molecule has 0 aliphatic carbocycles. The number of rotatable bonds is 2. The van der Waals surface area contributed by atoms with Gasteiger partial charge in [0.25, 0.3) is 0 Å². The van der Waals surface area contributed by atoms with Gasteiger partial charge in [0.05, 0.1) is 0 Å². The van der Waals surface area contributed by atoms with Crippen LogP contribution in [0.2, 0.25) is 0 Å². The number of piperidine rings is 1. The van der Waals surface area contributed by atoms with Crippen LogP contribution in [0.1, 0.15) is 18.7 Å². The third-order valence-electron chi connectivity index (χ3n) is 2.11. The maximum absolute atomic E-state index is 11.4. The first-order valence-electron chi connectivity index (χ1n) is 4.60. The fourth-order valence-corrected chi connectivity index (χ4v) is 2.04. The largest absolute Gasteiger partial charge is 0.354 e. The predicted octanol–water partition coefficient (Wildman–Crippen LogP) is 0.537. The molecule has 0 bridgehead atoms. The van der Waals surface area contributed by atoms with E-state index in [4.69, 9.17) is 0 Å². The minimum Gasteiger partial charge on any atom is -0.354 e. The van der Waals surface area contributed by atoms with E-state index in [0.29, 0.717) is 0 Å². The van der Waals surface area contributed by atoms with Crippen molar-refractivity contribution in [3.8, 4) is 0 Å². The molecule has 0 spiro atoms. The second-order valence-electron chi connectivity index (χ2n) is 3.28. The summed E-state index contributed by atoms with van der Waals surface area (Å²) in [6, 6.07) is -0.143. The van der Waals surface area contributed by atoms with Crippen molar-refractivity contribution in [2.75, 3.05) is 11.9 Å². The van der Waals surface area contributed by atoms with Crippen LogP contribution < -0.4 is 10.6 Å². The zero-order valence-electron chi connectivity index (χ0n) is 7.91. The summed E-state index contributed by atoms with van der Waals surface area (Å²) in [7, 11) is 0. The summed E-state index contributed by atoms with van der Waals surface area (Å²) in [6.07, 6.45) is 1.88. The molecule has 76 valence electrons. The number of hydrogen-bond acceptors (Lipinski definition) is 5. The minimum atomic E-state index is -0.143. The standard InChI is InChI=1S/C8H12N4OS/c1-5-10-8(14-12-5)11-6-3-2-4-9-7(6)13/h6H,2-4H2,1H3,(H,9,13)(H,10,11,12). The Morgan fingerprint density at radius 1 is 1.64 bits per heavy atom. The molecule has 1 amide bonds. The fraction of sp³-hybridized carbons (Fsp3) is 0.625. The first-order valence-corrected chi connectivity index (χ1v) is 5.37. The molecule has 0 radical (unpaired) electrons. The van der Waals surface area contributed by atoms with Gasteiger partial charge in [-0.1, -0.05) is 0 Å². The molecule has 2 heterocycles. The maximum Gasteiger partial charge on any atom is 0.242 e. The lowest BCUT2D eigenvalue weighted by atomic mass is 10.1. The van der Waals surface area contributed by atoms with Crippen molar-refractivity contribution < 1.29 is 4.79 Å². The van der Waals surface area contributed by atoms with Crippen LogP contribution in [0.3, 0.4) is 0 Å². The van der Waals surface area contributed by atoms with Gasteiger partial charge >= 0.3 is 0 Å². The van der Waals surface area contributed by atoms with Crippen molar-refractivity contribution in [1.29, 1.82) is 0 Å². The molecule has 2 N–H and O–H groups in total. The van der Waals surface area contributed by atoms with E-state index in [2.05, 4.69) is 20.0 Å². The van der Waals surface area contributed by atoms with Crippen molar-refractivity contribution in [3.63, 3.8) is 0 Å². The van der Waals surface area contributed by atoms with Gasteiger partial charge in [0, 0.05) is 18.1 Å². The number of hydrogen-bond donors (Lipinski definition) is 2. The number of aromatic nitrogens is 2. The number of carbonyl (C=O) groups excluding carboxylic acids is 1. The Morgan fingerprint density at radius 2 is 2.50 bits per heavy atom. The average molecular weight is 212 g/mol. The quantitative estimate of drug-likeness (QED) is 0.750. The Morgan fingerprint density at radius 3 is 3.14 bits per heavy atom. The Bertz CT molecular complexity index is 338. The number of amides is 1. The zero-order valence-corrected chi connectivity index (χ0v) is 8.73. The Kier molecular flexibility index (Phi) is 2.62. The molecule has 2 rings (SSSR count). The number of nitrogens with one attached hydrogen (secondary N) is 2. The van der Waals surface area contributed by atoms with Gasteiger partial charge in [-0.2, -0.15) is 4.37 Å². The van der Waals surface area contributed by atoms with Crippen molar-refractivity contribution in [2.24, 2.45) is 0 Å². The molecular weight excluding hydrogens is 200 g/mol. The fourth-order valence-electron chi connectivity index (χ4n) is 1.41. The monoisotopic (exact) mass is 212 g/mol. The molecule has 1 aliphatic heterocycles. The maximum atomic E-state index is 11.4. The van der Waals surface area contributed by atoms with Crippen LogP contribution in [0.15, 0.2) is 0 Å². The van der Waals surface area contributed by atoms with E-state index >= 15 is 0 Å². The van der Waals surface area contributed by atoms with Crippen LogP contribution in [-0.4, -0.2) is 27.9 Å². The molecule has 1 unspecified atom stereocenters. The van der Waals surface area contributed by atoms with Gasteiger partial charge in [0.1, 0.15) is 11.9 Å². The average Bonchev–Trinajstić information content (AvgIpc) is 2.56. The molecular formula is C8H12N4OS. The smallest absolute Gasteiger partial charge is 0.242 e. The van der Waals surface area contributed by atoms with E-state index in [1.54, 1.807) is 0 Å². The molecule has 0 saturated carbocycles. The van der Waals surface area contributed by atoms with Crippen LogP contribution >= 0.6 is 11.5 Å². The lowest BCUT2D eigenvalue weighted by molar-refractivity contribution is -0.123. The SMILES string of the molecule is Cc1nsc(NC2CCCNC2=O)n1. The van der Waals surface area contributed by atoms with E-state index in [1.807, 2.05) is 6.92 Å². The van der Waals surface area contributed by atoms with Crippen LogP contribution in [0.25, 0.3) is 0 Å². The molecule has 1 atom stereocenters. The van der Waals surface area contributed by atoms with Crippen molar-refractivity contribution in [2.45, 2.75) is 25.8 Å². The van der Waals surface area contributed by atoms with Crippen LogP contribution in [0.5, 0.6) is 0 Å². The van der Waals surface area contributed by atoms with Crippen molar-refractivity contribution >= 4 is 22.6 Å². The minimum absolute atomic E-state index is 0.0594. The summed E-state index contributed by atoms with van der Waals surface area (Å²) in [5.74, 6) is 0.804. The predicted molar refractivity (Wildman–Crippen MR) is 54.3 cm³/mol. The highest BCUT2D eigenvalue weighted by molar-refractivity contribution is 7.09. The highest BCUT2D eigenvalue weighted by Crippen LogP contribution is 2.14. The second kappa shape index (κ2) is 3.91. The van der Waals surface area contributed by atoms with Gasteiger partial charge in [0.15, 0.2) is 0 Å². The van der Waals surface area contributed by atoms with Crippen molar-refractivity contribution in [3.05, 3.63) is 5.82 Å². The van der Waals surface area contributed by atoms with Gasteiger partial charge in [-0.05, 0) is 19.8 Å². The number of nitrogens with zero attached hydrogens (tertiary/aromatic N) is 2. The third-order valence-corrected chi connectivity index (χ3v) is 2.85. The molecule has 1 saturated heterocycles. The molecule has 0 aromatic carbocycles. The van der Waals surface area contributed by atoms with Crippen LogP contribution in [0, 0.1) is 6.92 Å². The summed E-state index contributed by atoms with van der Waals surface area (Å²) in [6.45, 7) is 2.62. The van der Waals surface area contributed by atoms with E-state index in [9.17, 15) is 4.79 Å². The highest BCUT2D eigenvalue weighted by Gasteiger charge is 2.22. The topological polar surface area (TPSA) is 66.9 Å². The summed E-state index contributed by atoms with van der Waals surface area (Å²) in [4.78, 5) is 15.5. The van der Waals surface area contributed by atoms with Gasteiger partial charge in [-0.15, -0.1) is 0 Å². The number of carbonyl (C=O) groups is 1. The van der Waals surface area contributed by atoms with E-state index in [-0.39, 0.29) is 11.9 Å². The van der Waals surface area contributed by atoms with Crippen molar-refractivity contribution in [1.82, 2.24) is 14.7 Å². The first-order chi connectivity index (χ1) is 6.75. The zero-order chi connectivity index (χ0) is 9.97. The van der Waals surface area contributed by atoms with Gasteiger partial charge in [-0.25, -0.2) is 4.98 Å². The summed E-state index contributed by atoms with van der Waals surface area (Å²) < 4.78 is 4.04. The van der Waals surface area contributed by atoms with E-state index in [1.165, 1.54) is 11.5 Å². The molecule has 1 aromatic rings. The van der Waals surface area contributed by atoms with E-state index < -0.39 is 0 Å². The third kappa shape index (κ3) is 2.01. The Hall–Kier alpha value is -1.17. The normalized spacial score (nSPS) is 21.8. The lowest BCUT2D eigenvalue weighted by Crippen LogP contribution is -2.44. The molecule has 6 heteroatoms. The lowest BCUT2D eigenvalue weighted by Gasteiger charge is -2.21. The summed E-state index contributed by atoms with van der Waals surface area (Å²) in [5.41, 5.74) is 0.